The highest BCUT2D eigenvalue weighted by atomic mass is 16.7. The minimum Gasteiger partial charge on any atom is -0.326 e. The number of rotatable bonds is 3. The molecule has 1 aliphatic rings. The fraction of sp³-hybridized carbons (Fsp3) is 1.00. The molecular formula is C11H24N2O. The highest BCUT2D eigenvalue weighted by Crippen LogP contribution is 2.29. The molecule has 0 saturated carbocycles. The van der Waals surface area contributed by atoms with E-state index in [1.807, 2.05) is 0 Å². The Kier molecular flexibility index (Phi) is 3.93. The average molecular weight is 200 g/mol. The predicted octanol–water partition coefficient (Wildman–Crippen LogP) is 1.78. The molecule has 3 heteroatoms. The SMILES string of the molecule is CCC(N)C(N1CCCO1)C(C)(C)C. The second-order valence-corrected chi connectivity index (χ2v) is 5.21. The lowest BCUT2D eigenvalue weighted by molar-refractivity contribution is -0.170. The highest BCUT2D eigenvalue weighted by Gasteiger charge is 2.36. The third-order valence-electron chi connectivity index (χ3n) is 2.85. The van der Waals surface area contributed by atoms with Crippen molar-refractivity contribution in [1.82, 2.24) is 5.06 Å². The number of hydrogen-bond donors (Lipinski definition) is 1. The van der Waals surface area contributed by atoms with Gasteiger partial charge in [0, 0.05) is 12.6 Å². The molecule has 1 rings (SSSR count). The zero-order valence-electron chi connectivity index (χ0n) is 9.92. The molecule has 1 heterocycles. The zero-order valence-corrected chi connectivity index (χ0v) is 9.92. The summed E-state index contributed by atoms with van der Waals surface area (Å²) in [5.74, 6) is 0. The van der Waals surface area contributed by atoms with E-state index < -0.39 is 0 Å². The minimum atomic E-state index is 0.180. The first-order valence-corrected chi connectivity index (χ1v) is 5.62. The van der Waals surface area contributed by atoms with Gasteiger partial charge in [0.25, 0.3) is 0 Å². The summed E-state index contributed by atoms with van der Waals surface area (Å²) in [6.45, 7) is 10.7. The number of nitrogens with two attached hydrogens (primary N) is 1. The topological polar surface area (TPSA) is 38.5 Å². The van der Waals surface area contributed by atoms with E-state index in [4.69, 9.17) is 10.6 Å². The molecular weight excluding hydrogens is 176 g/mol. The van der Waals surface area contributed by atoms with E-state index in [1.165, 1.54) is 0 Å². The second kappa shape index (κ2) is 4.60. The van der Waals surface area contributed by atoms with E-state index in [9.17, 15) is 0 Å². The van der Waals surface area contributed by atoms with Gasteiger partial charge >= 0.3 is 0 Å². The van der Waals surface area contributed by atoms with Gasteiger partial charge in [0.15, 0.2) is 0 Å². The van der Waals surface area contributed by atoms with Crippen LogP contribution in [0, 0.1) is 5.41 Å². The molecule has 1 aliphatic heterocycles. The fourth-order valence-corrected chi connectivity index (χ4v) is 2.20. The van der Waals surface area contributed by atoms with Crippen LogP contribution in [0.5, 0.6) is 0 Å². The summed E-state index contributed by atoms with van der Waals surface area (Å²) in [7, 11) is 0. The molecule has 0 aromatic rings. The van der Waals surface area contributed by atoms with Crippen LogP contribution in [0.2, 0.25) is 0 Å². The van der Waals surface area contributed by atoms with Gasteiger partial charge in [0.05, 0.1) is 12.6 Å². The standard InChI is InChI=1S/C11H24N2O/c1-5-9(12)10(11(2,3)4)13-7-6-8-14-13/h9-10H,5-8,12H2,1-4H3. The zero-order chi connectivity index (χ0) is 10.8. The van der Waals surface area contributed by atoms with Crippen LogP contribution in [0.15, 0.2) is 0 Å². The van der Waals surface area contributed by atoms with Gasteiger partial charge in [0.1, 0.15) is 0 Å². The predicted molar refractivity (Wildman–Crippen MR) is 58.8 cm³/mol. The first kappa shape index (κ1) is 12.0. The van der Waals surface area contributed by atoms with E-state index in [-0.39, 0.29) is 11.5 Å². The molecule has 0 aliphatic carbocycles. The van der Waals surface area contributed by atoms with Crippen molar-refractivity contribution in [3.05, 3.63) is 0 Å². The summed E-state index contributed by atoms with van der Waals surface area (Å²) in [6, 6.07) is 0.531. The third-order valence-corrected chi connectivity index (χ3v) is 2.85. The summed E-state index contributed by atoms with van der Waals surface area (Å²) in [5.41, 5.74) is 6.34. The van der Waals surface area contributed by atoms with E-state index in [0.717, 1.165) is 26.0 Å². The molecule has 0 aromatic heterocycles. The molecule has 0 bridgehead atoms. The summed E-state index contributed by atoms with van der Waals surface area (Å²) in [5, 5.41) is 2.09. The van der Waals surface area contributed by atoms with Crippen LogP contribution in [0.3, 0.4) is 0 Å². The Hall–Kier alpha value is -0.120. The van der Waals surface area contributed by atoms with Crippen LogP contribution >= 0.6 is 0 Å². The van der Waals surface area contributed by atoms with Crippen molar-refractivity contribution in [3.63, 3.8) is 0 Å². The largest absolute Gasteiger partial charge is 0.326 e. The third kappa shape index (κ3) is 2.69. The van der Waals surface area contributed by atoms with Crippen molar-refractivity contribution in [2.24, 2.45) is 11.1 Å². The van der Waals surface area contributed by atoms with Crippen LogP contribution in [0.1, 0.15) is 40.5 Å². The normalized spacial score (nSPS) is 23.8. The van der Waals surface area contributed by atoms with Gasteiger partial charge in [-0.2, -0.15) is 5.06 Å². The van der Waals surface area contributed by atoms with Gasteiger partial charge in [0.2, 0.25) is 0 Å². The first-order chi connectivity index (χ1) is 6.46. The lowest BCUT2D eigenvalue weighted by atomic mass is 9.81. The maximum absolute atomic E-state index is 6.16. The van der Waals surface area contributed by atoms with Crippen LogP contribution in [0.4, 0.5) is 0 Å². The summed E-state index contributed by atoms with van der Waals surface area (Å²) in [6.07, 6.45) is 2.13. The monoisotopic (exact) mass is 200 g/mol. The van der Waals surface area contributed by atoms with Crippen molar-refractivity contribution in [1.29, 1.82) is 0 Å². The summed E-state index contributed by atoms with van der Waals surface area (Å²) < 4.78 is 0. The van der Waals surface area contributed by atoms with Crippen LogP contribution in [-0.2, 0) is 4.84 Å². The molecule has 0 amide bonds. The van der Waals surface area contributed by atoms with E-state index >= 15 is 0 Å². The van der Waals surface area contributed by atoms with Gasteiger partial charge in [-0.1, -0.05) is 27.7 Å². The van der Waals surface area contributed by atoms with Crippen molar-refractivity contribution < 1.29 is 4.84 Å². The Balaban J connectivity index is 2.70. The number of nitrogens with zero attached hydrogens (tertiary/aromatic N) is 1. The van der Waals surface area contributed by atoms with Crippen LogP contribution < -0.4 is 5.73 Å². The van der Waals surface area contributed by atoms with Crippen molar-refractivity contribution in [2.75, 3.05) is 13.2 Å². The maximum atomic E-state index is 6.16. The maximum Gasteiger partial charge on any atom is 0.0698 e. The van der Waals surface area contributed by atoms with E-state index in [2.05, 4.69) is 32.8 Å². The van der Waals surface area contributed by atoms with Gasteiger partial charge in [-0.25, -0.2) is 0 Å². The molecule has 84 valence electrons. The molecule has 3 nitrogen and oxygen atoms in total. The molecule has 0 radical (unpaired) electrons. The van der Waals surface area contributed by atoms with Gasteiger partial charge < -0.3 is 5.73 Å². The Morgan fingerprint density at radius 2 is 2.07 bits per heavy atom. The van der Waals surface area contributed by atoms with Gasteiger partial charge in [-0.05, 0) is 18.3 Å². The smallest absolute Gasteiger partial charge is 0.0698 e. The Morgan fingerprint density at radius 1 is 1.43 bits per heavy atom. The molecule has 2 N–H and O–H groups in total. The van der Waals surface area contributed by atoms with Crippen LogP contribution in [-0.4, -0.2) is 30.3 Å². The van der Waals surface area contributed by atoms with E-state index in [1.54, 1.807) is 0 Å². The fourth-order valence-electron chi connectivity index (χ4n) is 2.20. The Morgan fingerprint density at radius 3 is 2.43 bits per heavy atom. The average Bonchev–Trinajstić information content (AvgIpc) is 2.54. The van der Waals surface area contributed by atoms with Crippen molar-refractivity contribution in [2.45, 2.75) is 52.6 Å². The van der Waals surface area contributed by atoms with Crippen LogP contribution in [0.25, 0.3) is 0 Å². The van der Waals surface area contributed by atoms with Gasteiger partial charge in [-0.3, -0.25) is 4.84 Å². The number of hydrogen-bond acceptors (Lipinski definition) is 3. The van der Waals surface area contributed by atoms with Gasteiger partial charge in [-0.15, -0.1) is 0 Å². The molecule has 0 spiro atoms. The molecule has 1 saturated heterocycles. The second-order valence-electron chi connectivity index (χ2n) is 5.21. The minimum absolute atomic E-state index is 0.180. The molecule has 2 unspecified atom stereocenters. The van der Waals surface area contributed by atoms with Crippen molar-refractivity contribution >= 4 is 0 Å². The summed E-state index contributed by atoms with van der Waals surface area (Å²) >= 11 is 0. The lowest BCUT2D eigenvalue weighted by Gasteiger charge is -2.40. The highest BCUT2D eigenvalue weighted by molar-refractivity contribution is 4.88. The lowest BCUT2D eigenvalue weighted by Crippen LogP contribution is -2.53. The molecule has 14 heavy (non-hydrogen) atoms. The van der Waals surface area contributed by atoms with Crippen molar-refractivity contribution in [3.8, 4) is 0 Å². The Bertz CT molecular complexity index is 171. The first-order valence-electron chi connectivity index (χ1n) is 5.62. The summed E-state index contributed by atoms with van der Waals surface area (Å²) in [4.78, 5) is 5.62. The molecule has 1 fully saturated rings. The molecule has 0 aromatic carbocycles. The quantitative estimate of drug-likeness (QED) is 0.754. The van der Waals surface area contributed by atoms with E-state index in [0.29, 0.717) is 6.04 Å². The molecule has 2 atom stereocenters. The number of hydroxylamine groups is 2. The Labute approximate surface area is 87.6 Å².